The minimum absolute atomic E-state index is 0.0508. The van der Waals surface area contributed by atoms with Gasteiger partial charge in [-0.3, -0.25) is 15.1 Å². The van der Waals surface area contributed by atoms with Crippen molar-refractivity contribution >= 4 is 33.4 Å². The van der Waals surface area contributed by atoms with Gasteiger partial charge in [0.25, 0.3) is 0 Å². The van der Waals surface area contributed by atoms with Crippen LogP contribution in [0.4, 0.5) is 16.2 Å². The van der Waals surface area contributed by atoms with E-state index in [0.717, 1.165) is 0 Å². The van der Waals surface area contributed by atoms with Gasteiger partial charge in [0.1, 0.15) is 17.5 Å². The summed E-state index contributed by atoms with van der Waals surface area (Å²) in [5.74, 6) is 0. The second-order valence-corrected chi connectivity index (χ2v) is 7.05. The Morgan fingerprint density at radius 3 is 2.43 bits per heavy atom. The molecule has 8 nitrogen and oxygen atoms in total. The molecule has 0 bridgehead atoms. The Hall–Kier alpha value is -1.90. The molecule has 1 aromatic heterocycles. The molecule has 2 heterocycles. The van der Waals surface area contributed by atoms with Gasteiger partial charge in [0.05, 0.1) is 9.40 Å². The lowest BCUT2D eigenvalue weighted by Gasteiger charge is -2.36. The smallest absolute Gasteiger partial charge is 0.410 e. The van der Waals surface area contributed by atoms with Crippen LogP contribution in [-0.2, 0) is 4.74 Å². The van der Waals surface area contributed by atoms with Crippen molar-refractivity contribution in [2.24, 2.45) is 0 Å². The molecular formula is C14H19BrN4O4. The first kappa shape index (κ1) is 17.5. The average molecular weight is 387 g/mol. The zero-order valence-corrected chi connectivity index (χ0v) is 14.9. The third-order valence-electron chi connectivity index (χ3n) is 3.30. The predicted molar refractivity (Wildman–Crippen MR) is 88.6 cm³/mol. The molecule has 0 atom stereocenters. The van der Waals surface area contributed by atoms with Crippen LogP contribution in [0.25, 0.3) is 0 Å². The van der Waals surface area contributed by atoms with E-state index < -0.39 is 10.5 Å². The number of hydrogen-bond donors (Lipinski definition) is 0. The van der Waals surface area contributed by atoms with Gasteiger partial charge < -0.3 is 14.5 Å². The molecule has 126 valence electrons. The molecule has 23 heavy (non-hydrogen) atoms. The number of carbonyl (C=O) groups is 1. The molecule has 0 aliphatic carbocycles. The van der Waals surface area contributed by atoms with Crippen molar-refractivity contribution in [2.45, 2.75) is 26.4 Å². The number of aromatic nitrogens is 1. The van der Waals surface area contributed by atoms with Crippen LogP contribution in [0.2, 0.25) is 0 Å². The molecular weight excluding hydrogens is 368 g/mol. The lowest BCUT2D eigenvalue weighted by Crippen LogP contribution is -2.50. The molecule has 1 saturated heterocycles. The minimum atomic E-state index is -0.541. The van der Waals surface area contributed by atoms with Crippen molar-refractivity contribution < 1.29 is 14.5 Å². The van der Waals surface area contributed by atoms with Gasteiger partial charge in [-0.15, -0.1) is 0 Å². The lowest BCUT2D eigenvalue weighted by atomic mass is 10.2. The Morgan fingerprint density at radius 2 is 1.91 bits per heavy atom. The van der Waals surface area contributed by atoms with Crippen LogP contribution < -0.4 is 4.90 Å². The van der Waals surface area contributed by atoms with Crippen molar-refractivity contribution in [3.05, 3.63) is 27.0 Å². The summed E-state index contributed by atoms with van der Waals surface area (Å²) in [5.41, 5.74) is -0.0971. The molecule has 2 rings (SSSR count). The first-order valence-corrected chi connectivity index (χ1v) is 7.99. The highest BCUT2D eigenvalue weighted by molar-refractivity contribution is 9.10. The number of nitro groups is 1. The number of carbonyl (C=O) groups excluding carboxylic acids is 1. The molecule has 1 aromatic rings. The van der Waals surface area contributed by atoms with Crippen molar-refractivity contribution in [1.82, 2.24) is 9.88 Å². The van der Waals surface area contributed by atoms with Crippen LogP contribution in [0.15, 0.2) is 16.9 Å². The summed E-state index contributed by atoms with van der Waals surface area (Å²) in [4.78, 5) is 30.1. The highest BCUT2D eigenvalue weighted by Gasteiger charge is 2.29. The number of pyridine rings is 1. The number of amides is 1. The molecule has 0 spiro atoms. The van der Waals surface area contributed by atoms with Crippen LogP contribution in [-0.4, -0.2) is 52.7 Å². The van der Waals surface area contributed by atoms with Crippen LogP contribution in [0.5, 0.6) is 0 Å². The van der Waals surface area contributed by atoms with E-state index in [1.807, 2.05) is 25.7 Å². The Bertz CT molecular complexity index is 609. The van der Waals surface area contributed by atoms with E-state index in [1.165, 1.54) is 12.4 Å². The fraction of sp³-hybridized carbons (Fsp3) is 0.571. The quantitative estimate of drug-likeness (QED) is 0.573. The molecule has 1 amide bonds. The topological polar surface area (TPSA) is 88.8 Å². The summed E-state index contributed by atoms with van der Waals surface area (Å²) in [5, 5.41) is 11.2. The number of piperazine rings is 1. The number of ether oxygens (including phenoxy) is 1. The van der Waals surface area contributed by atoms with Gasteiger partial charge in [0.15, 0.2) is 0 Å². The zero-order chi connectivity index (χ0) is 17.2. The first-order chi connectivity index (χ1) is 10.7. The summed E-state index contributed by atoms with van der Waals surface area (Å²) in [7, 11) is 0. The van der Waals surface area contributed by atoms with E-state index in [4.69, 9.17) is 4.74 Å². The molecule has 1 fully saturated rings. The predicted octanol–water partition coefficient (Wildman–Crippen LogP) is 2.81. The van der Waals surface area contributed by atoms with Crippen LogP contribution in [0.3, 0.4) is 0 Å². The number of hydrogen-bond acceptors (Lipinski definition) is 6. The van der Waals surface area contributed by atoms with Crippen LogP contribution in [0, 0.1) is 10.1 Å². The standard InChI is InChI=1S/C14H19BrN4O4/c1-14(2,3)23-13(20)18-6-4-17(5-7-18)12-10(15)8-16-9-11(12)19(21)22/h8-9H,4-7H2,1-3H3. The van der Waals surface area contributed by atoms with E-state index in [-0.39, 0.29) is 11.8 Å². The summed E-state index contributed by atoms with van der Waals surface area (Å²) in [6.07, 6.45) is 2.41. The van der Waals surface area contributed by atoms with Crippen molar-refractivity contribution in [3.63, 3.8) is 0 Å². The maximum atomic E-state index is 12.1. The van der Waals surface area contributed by atoms with Crippen LogP contribution in [0.1, 0.15) is 20.8 Å². The third-order valence-corrected chi connectivity index (χ3v) is 3.88. The average Bonchev–Trinajstić information content (AvgIpc) is 2.45. The maximum Gasteiger partial charge on any atom is 0.410 e. The molecule has 0 N–H and O–H groups in total. The molecule has 0 saturated carbocycles. The van der Waals surface area contributed by atoms with Crippen molar-refractivity contribution in [3.8, 4) is 0 Å². The summed E-state index contributed by atoms with van der Waals surface area (Å²) >= 11 is 3.32. The summed E-state index contributed by atoms with van der Waals surface area (Å²) in [6.45, 7) is 7.32. The molecule has 1 aliphatic heterocycles. The summed E-state index contributed by atoms with van der Waals surface area (Å²) < 4.78 is 5.91. The first-order valence-electron chi connectivity index (χ1n) is 7.20. The van der Waals surface area contributed by atoms with E-state index in [2.05, 4.69) is 20.9 Å². The Morgan fingerprint density at radius 1 is 1.30 bits per heavy atom. The van der Waals surface area contributed by atoms with Gasteiger partial charge >= 0.3 is 11.8 Å². The third kappa shape index (κ3) is 4.31. The number of halogens is 1. The molecule has 1 aliphatic rings. The maximum absolute atomic E-state index is 12.1. The van der Waals surface area contributed by atoms with Crippen LogP contribution >= 0.6 is 15.9 Å². The van der Waals surface area contributed by atoms with Gasteiger partial charge in [0.2, 0.25) is 0 Å². The number of anilines is 1. The Balaban J connectivity index is 2.08. The van der Waals surface area contributed by atoms with Crippen molar-refractivity contribution in [1.29, 1.82) is 0 Å². The second-order valence-electron chi connectivity index (χ2n) is 6.20. The monoisotopic (exact) mass is 386 g/mol. The Labute approximate surface area is 142 Å². The number of nitrogens with zero attached hydrogens (tertiary/aromatic N) is 4. The van der Waals surface area contributed by atoms with Gasteiger partial charge in [-0.05, 0) is 36.7 Å². The lowest BCUT2D eigenvalue weighted by molar-refractivity contribution is -0.384. The van der Waals surface area contributed by atoms with E-state index in [9.17, 15) is 14.9 Å². The summed E-state index contributed by atoms with van der Waals surface area (Å²) in [6, 6.07) is 0. The van der Waals surface area contributed by atoms with Gasteiger partial charge in [-0.25, -0.2) is 4.79 Å². The van der Waals surface area contributed by atoms with Gasteiger partial charge in [-0.2, -0.15) is 0 Å². The Kier molecular flexibility index (Phi) is 5.08. The number of rotatable bonds is 2. The SMILES string of the molecule is CC(C)(C)OC(=O)N1CCN(c2c(Br)cncc2[N+](=O)[O-])CC1. The highest BCUT2D eigenvalue weighted by Crippen LogP contribution is 2.35. The fourth-order valence-electron chi connectivity index (χ4n) is 2.30. The van der Waals surface area contributed by atoms with Gasteiger partial charge in [-0.1, -0.05) is 0 Å². The van der Waals surface area contributed by atoms with E-state index in [1.54, 1.807) is 4.90 Å². The van der Waals surface area contributed by atoms with E-state index >= 15 is 0 Å². The van der Waals surface area contributed by atoms with E-state index in [0.29, 0.717) is 36.3 Å². The highest BCUT2D eigenvalue weighted by atomic mass is 79.9. The largest absolute Gasteiger partial charge is 0.444 e. The van der Waals surface area contributed by atoms with Crippen molar-refractivity contribution in [2.75, 3.05) is 31.1 Å². The minimum Gasteiger partial charge on any atom is -0.444 e. The fourth-order valence-corrected chi connectivity index (χ4v) is 2.88. The zero-order valence-electron chi connectivity index (χ0n) is 13.3. The van der Waals surface area contributed by atoms with Gasteiger partial charge in [0, 0.05) is 32.4 Å². The molecule has 0 unspecified atom stereocenters. The molecule has 0 radical (unpaired) electrons. The second kappa shape index (κ2) is 6.69. The normalized spacial score (nSPS) is 15.5. The molecule has 0 aromatic carbocycles. The molecule has 9 heteroatoms.